The molecule has 1 saturated heterocycles. The summed E-state index contributed by atoms with van der Waals surface area (Å²) in [7, 11) is 0. The summed E-state index contributed by atoms with van der Waals surface area (Å²) in [5.74, 6) is -0.585. The highest BCUT2D eigenvalue weighted by molar-refractivity contribution is 6.00. The molecule has 4 rings (SSSR count). The number of benzene rings is 1. The summed E-state index contributed by atoms with van der Waals surface area (Å²) in [5.41, 5.74) is 5.26. The number of nitrogens with one attached hydrogen (secondary N) is 1. The van der Waals surface area contributed by atoms with Crippen molar-refractivity contribution in [2.24, 2.45) is 5.92 Å². The van der Waals surface area contributed by atoms with Gasteiger partial charge in [0.05, 0.1) is 36.4 Å². The molecule has 7 heteroatoms. The molecule has 1 aromatic carbocycles. The summed E-state index contributed by atoms with van der Waals surface area (Å²) in [6.07, 6.45) is 6.55. The fourth-order valence-corrected chi connectivity index (χ4v) is 3.48. The third-order valence-electron chi connectivity index (χ3n) is 5.30. The van der Waals surface area contributed by atoms with Gasteiger partial charge in [0.2, 0.25) is 11.8 Å². The molecule has 0 saturated carbocycles. The number of hydrogen-bond donors (Lipinski definition) is 1. The van der Waals surface area contributed by atoms with E-state index in [0.29, 0.717) is 17.9 Å². The number of hydrogen-bond acceptors (Lipinski definition) is 5. The Balaban J connectivity index is 1.43. The first-order valence-electron chi connectivity index (χ1n) is 9.50. The van der Waals surface area contributed by atoms with E-state index in [1.54, 1.807) is 35.9 Å². The lowest BCUT2D eigenvalue weighted by atomic mass is 10.1. The van der Waals surface area contributed by atoms with Crippen molar-refractivity contribution in [1.29, 1.82) is 0 Å². The van der Waals surface area contributed by atoms with E-state index in [2.05, 4.69) is 15.3 Å². The number of aryl methyl sites for hydroxylation is 2. The summed E-state index contributed by atoms with van der Waals surface area (Å²) < 4.78 is 5.11. The maximum atomic E-state index is 12.7. The van der Waals surface area contributed by atoms with Gasteiger partial charge in [0, 0.05) is 36.6 Å². The summed E-state index contributed by atoms with van der Waals surface area (Å²) in [6.45, 7) is 4.66. The first-order chi connectivity index (χ1) is 14.0. The Bertz CT molecular complexity index is 1050. The first-order valence-corrected chi connectivity index (χ1v) is 9.50. The van der Waals surface area contributed by atoms with Crippen LogP contribution in [-0.2, 0) is 16.1 Å². The van der Waals surface area contributed by atoms with E-state index in [-0.39, 0.29) is 24.8 Å². The van der Waals surface area contributed by atoms with Gasteiger partial charge in [-0.2, -0.15) is 0 Å². The smallest absolute Gasteiger partial charge is 0.227 e. The third-order valence-corrected chi connectivity index (χ3v) is 5.30. The van der Waals surface area contributed by atoms with E-state index in [1.165, 1.54) is 5.56 Å². The highest BCUT2D eigenvalue weighted by atomic mass is 16.3. The van der Waals surface area contributed by atoms with Crippen LogP contribution in [0.4, 0.5) is 5.69 Å². The molecular weight excluding hydrogens is 368 g/mol. The van der Waals surface area contributed by atoms with E-state index in [0.717, 1.165) is 16.8 Å². The lowest BCUT2D eigenvalue weighted by Crippen LogP contribution is -2.33. The van der Waals surface area contributed by atoms with Gasteiger partial charge in [0.1, 0.15) is 0 Å². The Morgan fingerprint density at radius 2 is 2.03 bits per heavy atom. The number of aromatic nitrogens is 2. The molecule has 0 bridgehead atoms. The van der Waals surface area contributed by atoms with Crippen LogP contribution in [0, 0.1) is 19.8 Å². The number of furan rings is 1. The molecule has 1 fully saturated rings. The van der Waals surface area contributed by atoms with Gasteiger partial charge in [-0.05, 0) is 43.2 Å². The SMILES string of the molecule is Cc1ccc(N2CC(C(=O)NCc3nccnc3-c3ccoc3)CC2=O)cc1C. The molecule has 3 heterocycles. The third kappa shape index (κ3) is 3.89. The molecule has 148 valence electrons. The van der Waals surface area contributed by atoms with Crippen LogP contribution >= 0.6 is 0 Å². The quantitative estimate of drug-likeness (QED) is 0.723. The van der Waals surface area contributed by atoms with Crippen LogP contribution in [-0.4, -0.2) is 28.3 Å². The fraction of sp³-hybridized carbons (Fsp3) is 0.273. The van der Waals surface area contributed by atoms with Crippen LogP contribution < -0.4 is 10.2 Å². The van der Waals surface area contributed by atoms with E-state index >= 15 is 0 Å². The van der Waals surface area contributed by atoms with Gasteiger partial charge in [-0.15, -0.1) is 0 Å². The van der Waals surface area contributed by atoms with Crippen LogP contribution in [0.3, 0.4) is 0 Å². The molecule has 1 unspecified atom stereocenters. The summed E-state index contributed by atoms with van der Waals surface area (Å²) >= 11 is 0. The number of anilines is 1. The van der Waals surface area contributed by atoms with Crippen molar-refractivity contribution in [2.45, 2.75) is 26.8 Å². The van der Waals surface area contributed by atoms with Gasteiger partial charge >= 0.3 is 0 Å². The van der Waals surface area contributed by atoms with Gasteiger partial charge in [-0.3, -0.25) is 19.6 Å². The second-order valence-electron chi connectivity index (χ2n) is 7.26. The number of amides is 2. The molecule has 0 spiro atoms. The molecule has 1 aliphatic heterocycles. The zero-order valence-corrected chi connectivity index (χ0v) is 16.4. The van der Waals surface area contributed by atoms with E-state index < -0.39 is 5.92 Å². The molecule has 1 aliphatic rings. The topological polar surface area (TPSA) is 88.3 Å². The largest absolute Gasteiger partial charge is 0.472 e. The Morgan fingerprint density at radius 1 is 1.21 bits per heavy atom. The predicted octanol–water partition coefficient (Wildman–Crippen LogP) is 3.02. The second-order valence-corrected chi connectivity index (χ2v) is 7.26. The van der Waals surface area contributed by atoms with Crippen molar-refractivity contribution < 1.29 is 14.0 Å². The minimum absolute atomic E-state index is 0.0352. The Hall–Kier alpha value is -3.48. The van der Waals surface area contributed by atoms with Gasteiger partial charge in [-0.25, -0.2) is 0 Å². The lowest BCUT2D eigenvalue weighted by molar-refractivity contribution is -0.126. The van der Waals surface area contributed by atoms with E-state index in [4.69, 9.17) is 4.42 Å². The van der Waals surface area contributed by atoms with Crippen LogP contribution in [0.5, 0.6) is 0 Å². The number of carbonyl (C=O) groups excluding carboxylic acids is 2. The molecule has 2 aromatic heterocycles. The Labute approximate surface area is 168 Å². The standard InChI is InChI=1S/C22H22N4O3/c1-14-3-4-18(9-15(14)2)26-12-17(10-20(26)27)22(28)25-11-19-21(24-7-6-23-19)16-5-8-29-13-16/h3-9,13,17H,10-12H2,1-2H3,(H,25,28). The van der Waals surface area contributed by atoms with Crippen LogP contribution in [0.1, 0.15) is 23.2 Å². The van der Waals surface area contributed by atoms with Crippen molar-refractivity contribution >= 4 is 17.5 Å². The highest BCUT2D eigenvalue weighted by Crippen LogP contribution is 2.27. The van der Waals surface area contributed by atoms with Crippen LogP contribution in [0.25, 0.3) is 11.3 Å². The summed E-state index contributed by atoms with van der Waals surface area (Å²) in [6, 6.07) is 7.71. The number of nitrogens with zero attached hydrogens (tertiary/aromatic N) is 3. The van der Waals surface area contributed by atoms with E-state index in [1.807, 2.05) is 32.0 Å². The van der Waals surface area contributed by atoms with Crippen molar-refractivity contribution in [3.63, 3.8) is 0 Å². The van der Waals surface area contributed by atoms with Crippen molar-refractivity contribution in [3.8, 4) is 11.3 Å². The molecule has 1 atom stereocenters. The monoisotopic (exact) mass is 390 g/mol. The Kier molecular flexibility index (Phi) is 5.12. The molecule has 1 N–H and O–H groups in total. The molecule has 29 heavy (non-hydrogen) atoms. The summed E-state index contributed by atoms with van der Waals surface area (Å²) in [4.78, 5) is 35.5. The average molecular weight is 390 g/mol. The zero-order chi connectivity index (χ0) is 20.4. The van der Waals surface area contributed by atoms with Crippen molar-refractivity contribution in [2.75, 3.05) is 11.4 Å². The first kappa shape index (κ1) is 18.9. The highest BCUT2D eigenvalue weighted by Gasteiger charge is 2.35. The average Bonchev–Trinajstić information content (AvgIpc) is 3.38. The molecular formula is C22H22N4O3. The maximum absolute atomic E-state index is 12.7. The molecule has 7 nitrogen and oxygen atoms in total. The summed E-state index contributed by atoms with van der Waals surface area (Å²) in [5, 5.41) is 2.91. The number of carbonyl (C=O) groups is 2. The van der Waals surface area contributed by atoms with Crippen molar-refractivity contribution in [1.82, 2.24) is 15.3 Å². The minimum Gasteiger partial charge on any atom is -0.472 e. The van der Waals surface area contributed by atoms with Gasteiger partial charge < -0.3 is 14.6 Å². The second kappa shape index (κ2) is 7.87. The van der Waals surface area contributed by atoms with Crippen LogP contribution in [0.2, 0.25) is 0 Å². The lowest BCUT2D eigenvalue weighted by Gasteiger charge is -2.18. The van der Waals surface area contributed by atoms with Crippen molar-refractivity contribution in [3.05, 3.63) is 66.0 Å². The molecule has 2 amide bonds. The van der Waals surface area contributed by atoms with Gasteiger partial charge in [0.25, 0.3) is 0 Å². The predicted molar refractivity (Wildman–Crippen MR) is 108 cm³/mol. The van der Waals surface area contributed by atoms with E-state index in [9.17, 15) is 9.59 Å². The van der Waals surface area contributed by atoms with Gasteiger partial charge in [-0.1, -0.05) is 6.07 Å². The normalized spacial score (nSPS) is 16.3. The molecule has 0 aliphatic carbocycles. The molecule has 0 radical (unpaired) electrons. The van der Waals surface area contributed by atoms with Crippen LogP contribution in [0.15, 0.2) is 53.6 Å². The fourth-order valence-electron chi connectivity index (χ4n) is 3.48. The number of rotatable bonds is 5. The van der Waals surface area contributed by atoms with Gasteiger partial charge in [0.15, 0.2) is 0 Å². The zero-order valence-electron chi connectivity index (χ0n) is 16.4. The minimum atomic E-state index is -0.391. The molecule has 3 aromatic rings. The Morgan fingerprint density at radius 3 is 2.79 bits per heavy atom. The maximum Gasteiger partial charge on any atom is 0.227 e.